The molecule has 0 bridgehead atoms. The Morgan fingerprint density at radius 2 is 0.341 bits per heavy atom. The van der Waals surface area contributed by atoms with Crippen LogP contribution >= 0.6 is 68.0 Å². The minimum atomic E-state index is 1.17. The second kappa shape index (κ2) is 22.1. The van der Waals surface area contributed by atoms with E-state index in [1.807, 2.05) is 68.0 Å². The van der Waals surface area contributed by atoms with Crippen molar-refractivity contribution in [3.8, 4) is 136 Å². The number of rotatable bonds is 13. The van der Waals surface area contributed by atoms with Crippen LogP contribution in [0.2, 0.25) is 0 Å². The Kier molecular flexibility index (Phi) is 13.6. The predicted molar refractivity (Wildman–Crippen MR) is 362 cm³/mol. The molecule has 0 N–H and O–H groups in total. The van der Waals surface area contributed by atoms with E-state index in [4.69, 9.17) is 0 Å². The topological polar surface area (TPSA) is 0 Å². The van der Waals surface area contributed by atoms with E-state index in [1.54, 1.807) is 0 Å². The summed E-state index contributed by atoms with van der Waals surface area (Å²) in [5.41, 5.74) is 17.0. The number of thiophene rings is 6. The first-order chi connectivity index (χ1) is 40.6. The van der Waals surface area contributed by atoms with E-state index in [0.29, 0.717) is 0 Å². The Balaban J connectivity index is 0.884. The third-order valence-electron chi connectivity index (χ3n) is 15.2. The highest BCUT2D eigenvalue weighted by Gasteiger charge is 2.26. The van der Waals surface area contributed by atoms with Gasteiger partial charge in [-0.3, -0.25) is 0 Å². The molecule has 15 rings (SSSR count). The molecule has 388 valence electrons. The van der Waals surface area contributed by atoms with E-state index in [9.17, 15) is 0 Å². The van der Waals surface area contributed by atoms with E-state index in [0.717, 1.165) is 0 Å². The molecule has 6 heterocycles. The van der Waals surface area contributed by atoms with Crippen molar-refractivity contribution in [3.63, 3.8) is 0 Å². The first-order valence-electron chi connectivity index (χ1n) is 27.3. The molecule has 9 aromatic carbocycles. The molecule has 0 amide bonds. The van der Waals surface area contributed by atoms with Crippen LogP contribution in [0.4, 0.5) is 0 Å². The lowest BCUT2D eigenvalue weighted by atomic mass is 9.78. The second-order valence-corrected chi connectivity index (χ2v) is 26.7. The number of hydrogen-bond donors (Lipinski definition) is 0. The summed E-state index contributed by atoms with van der Waals surface area (Å²) in [7, 11) is 0. The molecule has 0 fully saturated rings. The SMILES string of the molecule is c1ccc(-c2ccc(-c3ccc(-c4ccc(-c5c(-c6ccc(-c7ccc(-c8ccc(-c9ccccc9)s8)s7)cc6)c(-c6ccccc6)c6cc(-c7ccc(-c8ccc(-c9ccccc9)s8)s7)ccc6c5-c5ccccc5)cc4)s3)s2)cc1. The van der Waals surface area contributed by atoms with E-state index in [-0.39, 0.29) is 0 Å². The lowest BCUT2D eigenvalue weighted by Gasteiger charge is -2.25. The van der Waals surface area contributed by atoms with Crippen molar-refractivity contribution in [2.24, 2.45) is 0 Å². The van der Waals surface area contributed by atoms with Crippen molar-refractivity contribution in [2.75, 3.05) is 0 Å². The fourth-order valence-electron chi connectivity index (χ4n) is 11.2. The monoisotopic (exact) mass is 1150 g/mol. The standard InChI is InChI=1S/C76H48S6/c1-6-16-49(17-7-1)61-36-42-67(77-61)69-45-39-64(80-69)52-26-30-56(31-27-52)75-73(54-22-12-4-13-23-54)59-35-34-58(66-41-47-72(82-66)71-44-38-63(79-71)51-20-10-3-11-21-51)48-60(59)74(55-24-14-5-15-25-55)76(75)57-32-28-53(29-33-57)65-40-46-70(81-65)68-43-37-62(78-68)50-18-8-2-9-19-50/h1-48H. The molecule has 0 nitrogen and oxygen atoms in total. The summed E-state index contributed by atoms with van der Waals surface area (Å²) >= 11 is 11.2. The molecule has 0 aliphatic heterocycles. The van der Waals surface area contributed by atoms with Crippen molar-refractivity contribution >= 4 is 78.8 Å². The molecule has 0 radical (unpaired) electrons. The highest BCUT2D eigenvalue weighted by atomic mass is 32.1. The van der Waals surface area contributed by atoms with Gasteiger partial charge in [0.05, 0.1) is 0 Å². The van der Waals surface area contributed by atoms with Gasteiger partial charge in [0.15, 0.2) is 0 Å². The van der Waals surface area contributed by atoms with Crippen LogP contribution < -0.4 is 0 Å². The van der Waals surface area contributed by atoms with Crippen LogP contribution in [0, 0.1) is 0 Å². The van der Waals surface area contributed by atoms with Gasteiger partial charge in [-0.15, -0.1) is 68.0 Å². The van der Waals surface area contributed by atoms with E-state index in [2.05, 4.69) is 291 Å². The minimum absolute atomic E-state index is 1.17. The fraction of sp³-hybridized carbons (Fsp3) is 0. The summed E-state index contributed by atoms with van der Waals surface area (Å²) in [5, 5.41) is 2.45. The average molecular weight is 1150 g/mol. The van der Waals surface area contributed by atoms with Crippen molar-refractivity contribution in [1.29, 1.82) is 0 Å². The zero-order chi connectivity index (χ0) is 54.3. The molecule has 0 aliphatic carbocycles. The number of hydrogen-bond acceptors (Lipinski definition) is 6. The first kappa shape index (κ1) is 50.4. The van der Waals surface area contributed by atoms with Gasteiger partial charge in [0.25, 0.3) is 0 Å². The van der Waals surface area contributed by atoms with Crippen LogP contribution in [0.3, 0.4) is 0 Å². The molecular formula is C76H48S6. The molecule has 15 aromatic rings. The maximum atomic E-state index is 2.47. The summed E-state index contributed by atoms with van der Waals surface area (Å²) < 4.78 is 0. The zero-order valence-corrected chi connectivity index (χ0v) is 49.1. The maximum absolute atomic E-state index is 2.47. The fourth-order valence-corrected chi connectivity index (χ4v) is 17.5. The Hall–Kier alpha value is -8.56. The summed E-state index contributed by atoms with van der Waals surface area (Å²) in [4.78, 5) is 15.3. The highest BCUT2D eigenvalue weighted by Crippen LogP contribution is 2.53. The molecule has 6 heteroatoms. The van der Waals surface area contributed by atoms with Crippen molar-refractivity contribution in [2.45, 2.75) is 0 Å². The summed E-state index contributed by atoms with van der Waals surface area (Å²) in [6.07, 6.45) is 0. The van der Waals surface area contributed by atoms with E-state index >= 15 is 0 Å². The molecular weight excluding hydrogens is 1110 g/mol. The van der Waals surface area contributed by atoms with Crippen LogP contribution in [0.5, 0.6) is 0 Å². The lowest BCUT2D eigenvalue weighted by molar-refractivity contribution is 1.57. The molecule has 6 aromatic heterocycles. The maximum Gasteiger partial charge on any atom is 0.0449 e. The van der Waals surface area contributed by atoms with E-state index in [1.165, 1.54) is 147 Å². The Labute approximate surface area is 502 Å². The van der Waals surface area contributed by atoms with Crippen LogP contribution in [0.1, 0.15) is 0 Å². The zero-order valence-electron chi connectivity index (χ0n) is 44.2. The average Bonchev–Trinajstić information content (AvgIpc) is 4.62. The Bertz CT molecular complexity index is 4690. The van der Waals surface area contributed by atoms with Gasteiger partial charge in [-0.25, -0.2) is 0 Å². The van der Waals surface area contributed by atoms with Crippen molar-refractivity contribution < 1.29 is 0 Å². The van der Waals surface area contributed by atoms with Gasteiger partial charge in [-0.05, 0) is 168 Å². The normalized spacial score (nSPS) is 11.4. The molecule has 0 atom stereocenters. The second-order valence-electron chi connectivity index (χ2n) is 20.2. The van der Waals surface area contributed by atoms with Gasteiger partial charge in [-0.1, -0.05) is 212 Å². The third-order valence-corrected chi connectivity index (χ3v) is 22.6. The van der Waals surface area contributed by atoms with Crippen LogP contribution in [0.25, 0.3) is 147 Å². The van der Waals surface area contributed by atoms with Gasteiger partial charge >= 0.3 is 0 Å². The first-order valence-corrected chi connectivity index (χ1v) is 32.2. The van der Waals surface area contributed by atoms with Crippen molar-refractivity contribution in [1.82, 2.24) is 0 Å². The van der Waals surface area contributed by atoms with Gasteiger partial charge in [-0.2, -0.15) is 0 Å². The summed E-state index contributed by atoms with van der Waals surface area (Å²) in [5.74, 6) is 0. The number of benzene rings is 9. The van der Waals surface area contributed by atoms with Crippen LogP contribution in [-0.4, -0.2) is 0 Å². The van der Waals surface area contributed by atoms with Gasteiger partial charge in [0.2, 0.25) is 0 Å². The van der Waals surface area contributed by atoms with E-state index < -0.39 is 0 Å². The molecule has 0 spiro atoms. The summed E-state index contributed by atoms with van der Waals surface area (Å²) in [6.45, 7) is 0. The molecule has 0 unspecified atom stereocenters. The Morgan fingerprint density at radius 1 is 0.134 bits per heavy atom. The molecule has 0 aliphatic rings. The quantitative estimate of drug-likeness (QED) is 0.108. The van der Waals surface area contributed by atoms with Crippen LogP contribution in [0.15, 0.2) is 291 Å². The predicted octanol–water partition coefficient (Wildman–Crippen LogP) is 24.9. The molecule has 82 heavy (non-hydrogen) atoms. The molecule has 0 saturated heterocycles. The lowest BCUT2D eigenvalue weighted by Crippen LogP contribution is -1.98. The molecule has 0 saturated carbocycles. The Morgan fingerprint density at radius 3 is 0.646 bits per heavy atom. The van der Waals surface area contributed by atoms with Gasteiger partial charge < -0.3 is 0 Å². The minimum Gasteiger partial charge on any atom is -0.134 e. The summed E-state index contributed by atoms with van der Waals surface area (Å²) in [6, 6.07) is 108. The number of fused-ring (bicyclic) bond motifs is 1. The largest absolute Gasteiger partial charge is 0.134 e. The smallest absolute Gasteiger partial charge is 0.0449 e. The van der Waals surface area contributed by atoms with Crippen LogP contribution in [-0.2, 0) is 0 Å². The van der Waals surface area contributed by atoms with Gasteiger partial charge in [0.1, 0.15) is 0 Å². The third kappa shape index (κ3) is 9.77. The highest BCUT2D eigenvalue weighted by molar-refractivity contribution is 7.26. The van der Waals surface area contributed by atoms with Crippen molar-refractivity contribution in [3.05, 3.63) is 291 Å². The van der Waals surface area contributed by atoms with Gasteiger partial charge in [0, 0.05) is 58.5 Å².